The Morgan fingerprint density at radius 1 is 0.966 bits per heavy atom. The number of nitrogens with zero attached hydrogens (tertiary/aromatic N) is 1. The van der Waals surface area contributed by atoms with Gasteiger partial charge in [-0.2, -0.15) is 8.42 Å². The van der Waals surface area contributed by atoms with E-state index >= 15 is 0 Å². The summed E-state index contributed by atoms with van der Waals surface area (Å²) in [5.74, 6) is -0.574. The van der Waals surface area contributed by atoms with Crippen molar-refractivity contribution in [1.82, 2.24) is 0 Å². The van der Waals surface area contributed by atoms with E-state index in [-0.39, 0.29) is 17.0 Å². The van der Waals surface area contributed by atoms with E-state index in [1.54, 1.807) is 55.6 Å². The van der Waals surface area contributed by atoms with Gasteiger partial charge in [-0.3, -0.25) is 9.35 Å². The standard InChI is InChI=1S/C21H16N2O5S/c1-22-17-10-16(12-6-2-5-9-15(12)21(17)25)23-20-14-8-4-3-7-13(14)19(11-18(20)24)29(26,27)28/h2-11,22,25H,1H3,(H,26,27,28). The predicted molar refractivity (Wildman–Crippen MR) is 112 cm³/mol. The monoisotopic (exact) mass is 408 g/mol. The van der Waals surface area contributed by atoms with E-state index in [0.29, 0.717) is 27.7 Å². The highest BCUT2D eigenvalue weighted by atomic mass is 32.2. The third-order valence-electron chi connectivity index (χ3n) is 4.72. The molecule has 1 aliphatic carbocycles. The van der Waals surface area contributed by atoms with Crippen LogP contribution in [-0.2, 0) is 14.9 Å². The lowest BCUT2D eigenvalue weighted by Gasteiger charge is -2.17. The second-order valence-corrected chi connectivity index (χ2v) is 7.83. The van der Waals surface area contributed by atoms with Crippen molar-refractivity contribution >= 4 is 48.7 Å². The third kappa shape index (κ3) is 3.18. The second-order valence-electron chi connectivity index (χ2n) is 6.44. The fraction of sp³-hybridized carbons (Fsp3) is 0.0476. The summed E-state index contributed by atoms with van der Waals surface area (Å²) in [6, 6.07) is 15.0. The molecular weight excluding hydrogens is 392 g/mol. The molecule has 0 amide bonds. The molecule has 0 aromatic heterocycles. The summed E-state index contributed by atoms with van der Waals surface area (Å²) in [5, 5.41) is 14.5. The van der Waals surface area contributed by atoms with Crippen LogP contribution >= 0.6 is 0 Å². The van der Waals surface area contributed by atoms with Gasteiger partial charge >= 0.3 is 0 Å². The van der Waals surface area contributed by atoms with E-state index in [0.717, 1.165) is 6.08 Å². The van der Waals surface area contributed by atoms with Crippen LogP contribution in [0.25, 0.3) is 15.7 Å². The topological polar surface area (TPSA) is 116 Å². The number of phenolic OH excluding ortho intramolecular Hbond substituents is 1. The van der Waals surface area contributed by atoms with Crippen LogP contribution < -0.4 is 5.32 Å². The number of carbonyl (C=O) groups is 1. The van der Waals surface area contributed by atoms with Gasteiger partial charge < -0.3 is 10.4 Å². The highest BCUT2D eigenvalue weighted by Gasteiger charge is 2.30. The van der Waals surface area contributed by atoms with Crippen molar-refractivity contribution in [2.75, 3.05) is 12.4 Å². The number of allylic oxidation sites excluding steroid dienone is 1. The molecule has 1 aliphatic rings. The summed E-state index contributed by atoms with van der Waals surface area (Å²) in [6.45, 7) is 0. The maximum Gasteiger partial charge on any atom is 0.295 e. The molecule has 0 atom stereocenters. The van der Waals surface area contributed by atoms with Crippen molar-refractivity contribution in [2.45, 2.75) is 0 Å². The SMILES string of the molecule is CNc1cc(N=C2C(=O)C=C(S(=O)(=O)O)c3ccccc32)c2ccccc2c1O. The molecule has 0 aliphatic heterocycles. The average Bonchev–Trinajstić information content (AvgIpc) is 2.70. The van der Waals surface area contributed by atoms with Crippen LogP contribution in [0.15, 0.2) is 65.7 Å². The van der Waals surface area contributed by atoms with Gasteiger partial charge in [-0.25, -0.2) is 4.99 Å². The van der Waals surface area contributed by atoms with Crippen LogP contribution in [0.2, 0.25) is 0 Å². The van der Waals surface area contributed by atoms with Gasteiger partial charge in [-0.1, -0.05) is 48.5 Å². The highest BCUT2D eigenvalue weighted by Crippen LogP contribution is 2.40. The minimum atomic E-state index is -4.58. The molecule has 3 aromatic carbocycles. The first-order chi connectivity index (χ1) is 13.8. The molecule has 0 radical (unpaired) electrons. The number of aromatic hydroxyl groups is 1. The minimum absolute atomic E-state index is 0.0471. The summed E-state index contributed by atoms with van der Waals surface area (Å²) in [5.41, 5.74) is 1.42. The maximum atomic E-state index is 12.7. The molecule has 4 rings (SSSR count). The summed E-state index contributed by atoms with van der Waals surface area (Å²) < 4.78 is 32.9. The Hall–Kier alpha value is -3.49. The van der Waals surface area contributed by atoms with Crippen molar-refractivity contribution in [3.8, 4) is 5.75 Å². The molecule has 0 heterocycles. The molecule has 0 saturated carbocycles. The number of fused-ring (bicyclic) bond motifs is 2. The number of anilines is 1. The van der Waals surface area contributed by atoms with Gasteiger partial charge in [0.25, 0.3) is 10.1 Å². The lowest BCUT2D eigenvalue weighted by molar-refractivity contribution is -0.108. The average molecular weight is 408 g/mol. The fourth-order valence-corrected chi connectivity index (χ4v) is 4.09. The Morgan fingerprint density at radius 2 is 1.59 bits per heavy atom. The Bertz CT molecular complexity index is 1340. The van der Waals surface area contributed by atoms with Crippen molar-refractivity contribution in [3.05, 3.63) is 71.8 Å². The Kier molecular flexibility index (Phi) is 4.45. The summed E-state index contributed by atoms with van der Waals surface area (Å²) >= 11 is 0. The van der Waals surface area contributed by atoms with Gasteiger partial charge in [0, 0.05) is 35.0 Å². The largest absolute Gasteiger partial charge is 0.505 e. The highest BCUT2D eigenvalue weighted by molar-refractivity contribution is 7.95. The number of carbonyl (C=O) groups excluding carboxylic acids is 1. The zero-order valence-corrected chi connectivity index (χ0v) is 16.1. The zero-order chi connectivity index (χ0) is 20.8. The second kappa shape index (κ2) is 6.84. The van der Waals surface area contributed by atoms with Gasteiger partial charge in [0.1, 0.15) is 16.4 Å². The molecular formula is C21H16N2O5S. The zero-order valence-electron chi connectivity index (χ0n) is 15.2. The molecule has 7 nitrogen and oxygen atoms in total. The first kappa shape index (κ1) is 18.9. The molecule has 0 unspecified atom stereocenters. The molecule has 8 heteroatoms. The Labute approximate surface area is 166 Å². The van der Waals surface area contributed by atoms with E-state index in [1.165, 1.54) is 6.07 Å². The predicted octanol–water partition coefficient (Wildman–Crippen LogP) is 3.52. The Balaban J connectivity index is 2.01. The molecule has 29 heavy (non-hydrogen) atoms. The van der Waals surface area contributed by atoms with Gasteiger partial charge in [-0.05, 0) is 6.07 Å². The van der Waals surface area contributed by atoms with Crippen molar-refractivity contribution in [1.29, 1.82) is 0 Å². The fourth-order valence-electron chi connectivity index (χ4n) is 3.38. The minimum Gasteiger partial charge on any atom is -0.505 e. The van der Waals surface area contributed by atoms with E-state index in [2.05, 4.69) is 10.3 Å². The van der Waals surface area contributed by atoms with E-state index < -0.39 is 20.8 Å². The molecule has 3 N–H and O–H groups in total. The van der Waals surface area contributed by atoms with E-state index in [4.69, 9.17) is 0 Å². The number of nitrogens with one attached hydrogen (secondary N) is 1. The lowest BCUT2D eigenvalue weighted by atomic mass is 9.94. The normalized spacial score (nSPS) is 15.3. The molecule has 146 valence electrons. The van der Waals surface area contributed by atoms with Crippen LogP contribution in [-0.4, -0.2) is 36.6 Å². The van der Waals surface area contributed by atoms with Crippen LogP contribution in [0.3, 0.4) is 0 Å². The van der Waals surface area contributed by atoms with Crippen LogP contribution in [0.1, 0.15) is 11.1 Å². The number of ketones is 1. The quantitative estimate of drug-likeness (QED) is 0.451. The van der Waals surface area contributed by atoms with Gasteiger partial charge in [-0.15, -0.1) is 0 Å². The smallest absolute Gasteiger partial charge is 0.295 e. The number of phenols is 1. The molecule has 0 fully saturated rings. The maximum absolute atomic E-state index is 12.7. The van der Waals surface area contributed by atoms with E-state index in [9.17, 15) is 22.9 Å². The third-order valence-corrected chi connectivity index (χ3v) is 5.61. The van der Waals surface area contributed by atoms with Crippen molar-refractivity contribution in [3.63, 3.8) is 0 Å². The first-order valence-electron chi connectivity index (χ1n) is 8.65. The van der Waals surface area contributed by atoms with Crippen molar-refractivity contribution in [2.24, 2.45) is 4.99 Å². The summed E-state index contributed by atoms with van der Waals surface area (Å²) in [4.78, 5) is 16.8. The molecule has 0 saturated heterocycles. The number of hydrogen-bond donors (Lipinski definition) is 3. The van der Waals surface area contributed by atoms with E-state index in [1.807, 2.05) is 0 Å². The van der Waals surface area contributed by atoms with Gasteiger partial charge in [0.05, 0.1) is 11.4 Å². The number of hydrogen-bond acceptors (Lipinski definition) is 6. The summed E-state index contributed by atoms with van der Waals surface area (Å²) in [6.07, 6.45) is 0.873. The first-order valence-corrected chi connectivity index (χ1v) is 10.1. The van der Waals surface area contributed by atoms with Crippen molar-refractivity contribution < 1.29 is 22.9 Å². The number of aliphatic imine (C=N–C) groups is 1. The Morgan fingerprint density at radius 3 is 2.24 bits per heavy atom. The lowest BCUT2D eigenvalue weighted by Crippen LogP contribution is -2.22. The number of rotatable bonds is 3. The van der Waals surface area contributed by atoms with Crippen LogP contribution in [0, 0.1) is 0 Å². The molecule has 0 bridgehead atoms. The van der Waals surface area contributed by atoms with Gasteiger partial charge in [0.15, 0.2) is 0 Å². The van der Waals surface area contributed by atoms with Crippen LogP contribution in [0.5, 0.6) is 5.75 Å². The van der Waals surface area contributed by atoms with Crippen LogP contribution in [0.4, 0.5) is 11.4 Å². The van der Waals surface area contributed by atoms with Gasteiger partial charge in [0.2, 0.25) is 5.78 Å². The number of benzene rings is 3. The summed E-state index contributed by atoms with van der Waals surface area (Å²) in [7, 11) is -2.92. The molecule has 3 aromatic rings. The molecule has 0 spiro atoms.